The summed E-state index contributed by atoms with van der Waals surface area (Å²) in [6.07, 6.45) is -0.750. The van der Waals surface area contributed by atoms with Gasteiger partial charge in [-0.1, -0.05) is 19.9 Å². The number of alkyl carbamates (subject to hydrolysis) is 1. The van der Waals surface area contributed by atoms with E-state index >= 15 is 0 Å². The molecule has 3 N–H and O–H groups in total. The number of nitrogens with zero attached hydrogens (tertiary/aromatic N) is 1. The first-order chi connectivity index (χ1) is 16.1. The number of methoxy groups -OCH3 is 1. The molecule has 0 aliphatic carbocycles. The van der Waals surface area contributed by atoms with Crippen molar-refractivity contribution in [2.75, 3.05) is 13.7 Å². The minimum absolute atomic E-state index is 0.0385. The van der Waals surface area contributed by atoms with Gasteiger partial charge in [0, 0.05) is 6.04 Å². The molecule has 0 heterocycles. The molecule has 0 aliphatic heterocycles. The van der Waals surface area contributed by atoms with Crippen LogP contribution < -0.4 is 10.6 Å². The molecule has 1 aromatic rings. The van der Waals surface area contributed by atoms with Crippen molar-refractivity contribution in [1.82, 2.24) is 15.5 Å². The highest BCUT2D eigenvalue weighted by Crippen LogP contribution is 2.29. The molecular formula is C25H39N3O7. The monoisotopic (exact) mass is 493 g/mol. The van der Waals surface area contributed by atoms with Gasteiger partial charge in [0.05, 0.1) is 7.11 Å². The van der Waals surface area contributed by atoms with Gasteiger partial charge in [0.1, 0.15) is 30.0 Å². The molecule has 0 saturated carbocycles. The number of esters is 1. The molecule has 35 heavy (non-hydrogen) atoms. The number of aromatic hydroxyl groups is 1. The quantitative estimate of drug-likeness (QED) is 0.450. The van der Waals surface area contributed by atoms with E-state index in [0.717, 1.165) is 0 Å². The summed E-state index contributed by atoms with van der Waals surface area (Å²) in [7, 11) is 1.20. The second-order valence-electron chi connectivity index (χ2n) is 9.95. The Morgan fingerprint density at radius 2 is 1.69 bits per heavy atom. The highest BCUT2D eigenvalue weighted by molar-refractivity contribution is 5.93. The Hall–Kier alpha value is -3.30. The smallest absolute Gasteiger partial charge is 0.408 e. The molecule has 0 spiro atoms. The maximum atomic E-state index is 13.8. The Morgan fingerprint density at radius 1 is 1.09 bits per heavy atom. The largest absolute Gasteiger partial charge is 0.508 e. The van der Waals surface area contributed by atoms with Crippen molar-refractivity contribution >= 4 is 23.9 Å². The number of benzene rings is 1. The van der Waals surface area contributed by atoms with Gasteiger partial charge < -0.3 is 30.1 Å². The summed E-state index contributed by atoms with van der Waals surface area (Å²) >= 11 is 0. The van der Waals surface area contributed by atoms with Gasteiger partial charge in [0.2, 0.25) is 11.8 Å². The lowest BCUT2D eigenvalue weighted by molar-refractivity contribution is -0.146. The fourth-order valence-electron chi connectivity index (χ4n) is 3.40. The predicted octanol–water partition coefficient (Wildman–Crippen LogP) is 2.82. The SMILES string of the molecule is COC(=O)CNC(=O)C(c1ccc(O)c(C)c1)N(C(=O)C(NC(=O)OC(C)(C)C)C(C)C)C(C)C. The summed E-state index contributed by atoms with van der Waals surface area (Å²) in [4.78, 5) is 52.6. The number of rotatable bonds is 9. The molecule has 2 unspecified atom stereocenters. The van der Waals surface area contributed by atoms with Gasteiger partial charge in [-0.15, -0.1) is 0 Å². The molecule has 1 aromatic carbocycles. The predicted molar refractivity (Wildman–Crippen MR) is 131 cm³/mol. The first kappa shape index (κ1) is 29.7. The highest BCUT2D eigenvalue weighted by atomic mass is 16.6. The molecule has 1 rings (SSSR count). The number of hydrogen-bond donors (Lipinski definition) is 3. The molecule has 196 valence electrons. The van der Waals surface area contributed by atoms with Gasteiger partial charge in [0.25, 0.3) is 0 Å². The number of carbonyl (C=O) groups is 4. The summed E-state index contributed by atoms with van der Waals surface area (Å²) in [5, 5.41) is 15.1. The minimum atomic E-state index is -1.15. The van der Waals surface area contributed by atoms with Gasteiger partial charge in [-0.05, 0) is 70.7 Å². The van der Waals surface area contributed by atoms with E-state index in [2.05, 4.69) is 15.4 Å². The number of nitrogens with one attached hydrogen (secondary N) is 2. The third-order valence-corrected chi connectivity index (χ3v) is 5.11. The van der Waals surface area contributed by atoms with Gasteiger partial charge >= 0.3 is 12.1 Å². The molecule has 3 amide bonds. The van der Waals surface area contributed by atoms with Gasteiger partial charge in [-0.3, -0.25) is 14.4 Å². The summed E-state index contributed by atoms with van der Waals surface area (Å²) in [6, 6.07) is 1.99. The fourth-order valence-corrected chi connectivity index (χ4v) is 3.40. The van der Waals surface area contributed by atoms with Gasteiger partial charge in [0.15, 0.2) is 0 Å². The second kappa shape index (κ2) is 12.4. The summed E-state index contributed by atoms with van der Waals surface area (Å²) in [6.45, 7) is 13.5. The van der Waals surface area contributed by atoms with Crippen LogP contribution in [0.3, 0.4) is 0 Å². The first-order valence-corrected chi connectivity index (χ1v) is 11.5. The third kappa shape index (κ3) is 8.77. The third-order valence-electron chi connectivity index (χ3n) is 5.11. The minimum Gasteiger partial charge on any atom is -0.508 e. The van der Waals surface area contributed by atoms with Crippen LogP contribution in [0.1, 0.15) is 65.6 Å². The number of carbonyl (C=O) groups excluding carboxylic acids is 4. The number of ether oxygens (including phenoxy) is 2. The molecule has 0 aliphatic rings. The zero-order valence-electron chi connectivity index (χ0n) is 22.1. The Labute approximate surface area is 207 Å². The molecule has 2 atom stereocenters. The number of amides is 3. The van der Waals surface area contributed by atoms with E-state index in [0.29, 0.717) is 11.1 Å². The van der Waals surface area contributed by atoms with Crippen LogP contribution in [0.2, 0.25) is 0 Å². The van der Waals surface area contributed by atoms with Crippen LogP contribution >= 0.6 is 0 Å². The Balaban J connectivity index is 3.47. The van der Waals surface area contributed by atoms with Crippen LogP contribution in [-0.4, -0.2) is 65.2 Å². The van der Waals surface area contributed by atoms with Crippen molar-refractivity contribution in [2.45, 2.75) is 79.1 Å². The molecular weight excluding hydrogens is 454 g/mol. The standard InChI is InChI=1S/C25H39N3O7/c1-14(2)20(27-24(33)35-25(6,7)8)23(32)28(15(3)4)21(22(31)26-13-19(30)34-9)17-10-11-18(29)16(5)12-17/h10-12,14-15,20-21,29H,13H2,1-9H3,(H,26,31)(H,27,33). The lowest BCUT2D eigenvalue weighted by Crippen LogP contribution is -2.56. The lowest BCUT2D eigenvalue weighted by atomic mass is 9.96. The molecule has 0 saturated heterocycles. The zero-order chi connectivity index (χ0) is 27.1. The van der Waals surface area contributed by atoms with Crippen molar-refractivity contribution < 1.29 is 33.8 Å². The highest BCUT2D eigenvalue weighted by Gasteiger charge is 2.39. The topological polar surface area (TPSA) is 134 Å². The van der Waals surface area contributed by atoms with E-state index < -0.39 is 47.6 Å². The Morgan fingerprint density at radius 3 is 2.14 bits per heavy atom. The second-order valence-corrected chi connectivity index (χ2v) is 9.95. The van der Waals surface area contributed by atoms with Gasteiger partial charge in [-0.25, -0.2) is 4.79 Å². The van der Waals surface area contributed by atoms with Crippen molar-refractivity contribution in [2.24, 2.45) is 5.92 Å². The molecule has 10 heteroatoms. The van der Waals surface area contributed by atoms with E-state index in [4.69, 9.17) is 4.74 Å². The van der Waals surface area contributed by atoms with Crippen molar-refractivity contribution in [1.29, 1.82) is 0 Å². The normalized spacial score (nSPS) is 13.1. The van der Waals surface area contributed by atoms with E-state index in [-0.39, 0.29) is 18.2 Å². The molecule has 10 nitrogen and oxygen atoms in total. The van der Waals surface area contributed by atoms with Crippen LogP contribution in [0.25, 0.3) is 0 Å². The number of hydrogen-bond acceptors (Lipinski definition) is 7. The van der Waals surface area contributed by atoms with E-state index in [9.17, 15) is 24.3 Å². The zero-order valence-corrected chi connectivity index (χ0v) is 22.1. The molecule has 0 fully saturated rings. The fraction of sp³-hybridized carbons (Fsp3) is 0.600. The van der Waals surface area contributed by atoms with Crippen LogP contribution in [0.4, 0.5) is 4.79 Å². The number of phenolic OH excluding ortho intramolecular Hbond substituents is 1. The molecule has 0 aromatic heterocycles. The summed E-state index contributed by atoms with van der Waals surface area (Å²) in [5.74, 6) is -2.03. The maximum Gasteiger partial charge on any atom is 0.408 e. The van der Waals surface area contributed by atoms with Crippen LogP contribution in [0.5, 0.6) is 5.75 Å². The number of phenols is 1. The van der Waals surface area contributed by atoms with Crippen LogP contribution in [0, 0.1) is 12.8 Å². The summed E-state index contributed by atoms with van der Waals surface area (Å²) < 4.78 is 9.93. The van der Waals surface area contributed by atoms with Crippen molar-refractivity contribution in [3.05, 3.63) is 29.3 Å². The average molecular weight is 494 g/mol. The van der Waals surface area contributed by atoms with Gasteiger partial charge in [-0.2, -0.15) is 0 Å². The van der Waals surface area contributed by atoms with Crippen molar-refractivity contribution in [3.63, 3.8) is 0 Å². The summed E-state index contributed by atoms with van der Waals surface area (Å²) in [5.41, 5.74) is 0.188. The Bertz CT molecular complexity index is 922. The van der Waals surface area contributed by atoms with E-state index in [1.165, 1.54) is 18.1 Å². The Kier molecular flexibility index (Phi) is 10.5. The molecule has 0 radical (unpaired) electrons. The molecule has 0 bridgehead atoms. The number of aryl methyl sites for hydroxylation is 1. The van der Waals surface area contributed by atoms with Crippen LogP contribution in [0.15, 0.2) is 18.2 Å². The maximum absolute atomic E-state index is 13.8. The van der Waals surface area contributed by atoms with E-state index in [1.807, 2.05) is 0 Å². The van der Waals surface area contributed by atoms with Crippen LogP contribution in [-0.2, 0) is 23.9 Å². The van der Waals surface area contributed by atoms with E-state index in [1.54, 1.807) is 67.5 Å². The van der Waals surface area contributed by atoms with Crippen molar-refractivity contribution in [3.8, 4) is 5.75 Å². The average Bonchev–Trinajstić information content (AvgIpc) is 2.73. The lowest BCUT2D eigenvalue weighted by Gasteiger charge is -2.38. The first-order valence-electron chi connectivity index (χ1n) is 11.5.